The zero-order chi connectivity index (χ0) is 27.7. The molecule has 2 heterocycles. The van der Waals surface area contributed by atoms with Gasteiger partial charge in [-0.2, -0.15) is 0 Å². The van der Waals surface area contributed by atoms with Crippen molar-refractivity contribution in [1.82, 2.24) is 25.6 Å². The summed E-state index contributed by atoms with van der Waals surface area (Å²) < 4.78 is 41.3. The lowest BCUT2D eigenvalue weighted by Crippen LogP contribution is -2.50. The van der Waals surface area contributed by atoms with Crippen LogP contribution in [-0.4, -0.2) is 65.3 Å². The number of rotatable bonds is 9. The van der Waals surface area contributed by atoms with E-state index >= 15 is 8.78 Å². The van der Waals surface area contributed by atoms with Gasteiger partial charge in [0.1, 0.15) is 41.9 Å². The number of aryl methyl sites for hydroxylation is 2. The molecule has 0 unspecified atom stereocenters. The Balaban J connectivity index is 1.39. The van der Waals surface area contributed by atoms with Crippen molar-refractivity contribution in [2.45, 2.75) is 64.2 Å². The maximum Gasteiger partial charge on any atom is 0.255 e. The first-order valence-corrected chi connectivity index (χ1v) is 13.3. The van der Waals surface area contributed by atoms with E-state index in [4.69, 9.17) is 9.47 Å². The second-order valence-electron chi connectivity index (χ2n) is 10.5. The summed E-state index contributed by atoms with van der Waals surface area (Å²) in [6.07, 6.45) is 3.13. The Morgan fingerprint density at radius 1 is 1.13 bits per heavy atom. The zero-order valence-electron chi connectivity index (χ0n) is 22.3. The highest BCUT2D eigenvalue weighted by Gasteiger charge is 2.34. The highest BCUT2D eigenvalue weighted by Crippen LogP contribution is 2.39. The third kappa shape index (κ3) is 5.73. The number of hydrogen-bond donors (Lipinski definition) is 3. The summed E-state index contributed by atoms with van der Waals surface area (Å²) in [7, 11) is 1.42. The first kappa shape index (κ1) is 27.0. The molecular weight excluding hydrogens is 508 g/mol. The van der Waals surface area contributed by atoms with Gasteiger partial charge in [0.15, 0.2) is 0 Å². The first-order valence-electron chi connectivity index (χ1n) is 13.3. The van der Waals surface area contributed by atoms with Gasteiger partial charge in [0.2, 0.25) is 5.91 Å². The van der Waals surface area contributed by atoms with E-state index in [9.17, 15) is 9.59 Å². The number of nitrogens with one attached hydrogen (secondary N) is 3. The second kappa shape index (κ2) is 11.3. The molecule has 2 aliphatic rings. The molecule has 0 spiro atoms. The number of carbonyl (C=O) groups excluding carboxylic acids is 2. The maximum atomic E-state index is 15.5. The molecule has 3 N–H and O–H groups in total. The smallest absolute Gasteiger partial charge is 0.255 e. The van der Waals surface area contributed by atoms with Crippen LogP contribution in [0.25, 0.3) is 22.3 Å². The number of nitrogens with zero attached hydrogens (tertiary/aromatic N) is 2. The van der Waals surface area contributed by atoms with Crippen LogP contribution >= 0.6 is 0 Å². The fraction of sp³-hybridized carbons (Fsp3) is 0.500. The Bertz CT molecular complexity index is 1390. The van der Waals surface area contributed by atoms with Gasteiger partial charge >= 0.3 is 0 Å². The second-order valence-corrected chi connectivity index (χ2v) is 10.5. The number of carbonyl (C=O) groups is 2. The number of halogens is 2. The summed E-state index contributed by atoms with van der Waals surface area (Å²) >= 11 is 0. The van der Waals surface area contributed by atoms with Gasteiger partial charge in [0.25, 0.3) is 5.91 Å². The largest absolute Gasteiger partial charge is 0.492 e. The van der Waals surface area contributed by atoms with Crippen LogP contribution in [0.4, 0.5) is 8.78 Å². The molecule has 0 bridgehead atoms. The van der Waals surface area contributed by atoms with Crippen molar-refractivity contribution in [2.24, 2.45) is 5.92 Å². The molecule has 0 radical (unpaired) electrons. The molecular formula is C28H33F2N5O4. The Morgan fingerprint density at radius 3 is 2.64 bits per heavy atom. The number of aromatic nitrogens is 3. The molecule has 39 heavy (non-hydrogen) atoms. The van der Waals surface area contributed by atoms with Gasteiger partial charge in [-0.05, 0) is 57.1 Å². The van der Waals surface area contributed by atoms with Crippen molar-refractivity contribution >= 4 is 22.8 Å². The van der Waals surface area contributed by atoms with Crippen LogP contribution in [-0.2, 0) is 9.53 Å². The lowest BCUT2D eigenvalue weighted by molar-refractivity contribution is -0.125. The molecule has 3 atom stereocenters. The monoisotopic (exact) mass is 541 g/mol. The number of alkyl halides is 1. The molecule has 2 fully saturated rings. The number of amides is 2. The lowest BCUT2D eigenvalue weighted by Gasteiger charge is -2.32. The van der Waals surface area contributed by atoms with Crippen LogP contribution in [0.3, 0.4) is 0 Å². The number of methoxy groups -OCH3 is 1. The number of ether oxygens (including phenoxy) is 2. The van der Waals surface area contributed by atoms with Gasteiger partial charge < -0.3 is 25.1 Å². The standard InChI is InChI=1S/C28H33F2N5O4/c1-14-4-9-20(39-11-16-5-6-16)23(24(14)30)26-27-25(31-13-32-26)22(15(2)33-27)28(37)35-19-8-7-17(10-18(19)29)34-21(36)12-38-3/h4,9,13,16-19,33H,5-8,10-12H2,1-3H3,(H,34,36)(H,35,37)/t17-,18+,19-/m0/s1. The van der Waals surface area contributed by atoms with Gasteiger partial charge in [0, 0.05) is 25.3 Å². The molecule has 2 aliphatic carbocycles. The van der Waals surface area contributed by atoms with Crippen molar-refractivity contribution < 1.29 is 27.8 Å². The maximum absolute atomic E-state index is 15.5. The number of H-pyrrole nitrogens is 1. The highest BCUT2D eigenvalue weighted by molar-refractivity contribution is 6.09. The van der Waals surface area contributed by atoms with Crippen LogP contribution in [0.2, 0.25) is 0 Å². The zero-order valence-corrected chi connectivity index (χ0v) is 22.3. The van der Waals surface area contributed by atoms with E-state index in [2.05, 4.69) is 25.6 Å². The third-order valence-corrected chi connectivity index (χ3v) is 7.43. The van der Waals surface area contributed by atoms with Crippen molar-refractivity contribution in [3.63, 3.8) is 0 Å². The van der Waals surface area contributed by atoms with Crippen molar-refractivity contribution in [3.8, 4) is 17.0 Å². The molecule has 208 valence electrons. The van der Waals surface area contributed by atoms with Gasteiger partial charge in [-0.15, -0.1) is 0 Å². The molecule has 2 aromatic heterocycles. The first-order chi connectivity index (χ1) is 18.8. The van der Waals surface area contributed by atoms with Crippen molar-refractivity contribution in [1.29, 1.82) is 0 Å². The van der Waals surface area contributed by atoms with E-state index in [1.165, 1.54) is 13.4 Å². The minimum atomic E-state index is -1.33. The van der Waals surface area contributed by atoms with E-state index in [0.29, 0.717) is 59.1 Å². The number of fused-ring (bicyclic) bond motifs is 1. The Kier molecular flexibility index (Phi) is 7.79. The summed E-state index contributed by atoms with van der Waals surface area (Å²) in [6, 6.07) is 2.38. The summed E-state index contributed by atoms with van der Waals surface area (Å²) in [4.78, 5) is 37.0. The Labute approximate surface area is 225 Å². The van der Waals surface area contributed by atoms with Crippen LogP contribution in [0.1, 0.15) is 53.7 Å². The van der Waals surface area contributed by atoms with E-state index < -0.39 is 23.9 Å². The summed E-state index contributed by atoms with van der Waals surface area (Å²) in [5.74, 6) is -0.359. The Morgan fingerprint density at radius 2 is 1.92 bits per heavy atom. The van der Waals surface area contributed by atoms with Gasteiger partial charge in [-0.3, -0.25) is 9.59 Å². The fourth-order valence-electron chi connectivity index (χ4n) is 5.13. The molecule has 2 amide bonds. The predicted molar refractivity (Wildman–Crippen MR) is 141 cm³/mol. The van der Waals surface area contributed by atoms with E-state index in [-0.39, 0.29) is 36.1 Å². The molecule has 2 saturated carbocycles. The fourth-order valence-corrected chi connectivity index (χ4v) is 5.13. The molecule has 9 nitrogen and oxygen atoms in total. The van der Waals surface area contributed by atoms with E-state index in [1.807, 2.05) is 0 Å². The van der Waals surface area contributed by atoms with Crippen molar-refractivity contribution in [2.75, 3.05) is 20.3 Å². The predicted octanol–water partition coefficient (Wildman–Crippen LogP) is 3.92. The van der Waals surface area contributed by atoms with E-state index in [1.54, 1.807) is 26.0 Å². The lowest BCUT2D eigenvalue weighted by atomic mass is 9.89. The van der Waals surface area contributed by atoms with Crippen molar-refractivity contribution in [3.05, 3.63) is 41.1 Å². The highest BCUT2D eigenvalue weighted by atomic mass is 19.1. The summed E-state index contributed by atoms with van der Waals surface area (Å²) in [6.45, 7) is 3.81. The minimum Gasteiger partial charge on any atom is -0.492 e. The normalized spacial score (nSPS) is 21.1. The molecule has 1 aromatic carbocycles. The summed E-state index contributed by atoms with van der Waals surface area (Å²) in [5, 5.41) is 5.56. The summed E-state index contributed by atoms with van der Waals surface area (Å²) in [5.41, 5.74) is 2.44. The van der Waals surface area contributed by atoms with E-state index in [0.717, 1.165) is 12.8 Å². The van der Waals surface area contributed by atoms with Crippen LogP contribution in [0.15, 0.2) is 18.5 Å². The molecule has 0 saturated heterocycles. The van der Waals surface area contributed by atoms with Gasteiger partial charge in [-0.1, -0.05) is 6.07 Å². The van der Waals surface area contributed by atoms with Gasteiger partial charge in [-0.25, -0.2) is 18.7 Å². The molecule has 3 aromatic rings. The minimum absolute atomic E-state index is 0.0854. The van der Waals surface area contributed by atoms with Gasteiger partial charge in [0.05, 0.1) is 29.3 Å². The SMILES string of the molecule is COCC(=O)N[C@H]1CC[C@H](NC(=O)c2c(C)[nH]c3c(-c4c(OCC5CC5)ccc(C)c4F)ncnc23)[C@H](F)C1. The number of hydrogen-bond acceptors (Lipinski definition) is 6. The third-order valence-electron chi connectivity index (χ3n) is 7.43. The molecule has 0 aliphatic heterocycles. The topological polar surface area (TPSA) is 118 Å². The average molecular weight is 542 g/mol. The Hall–Kier alpha value is -3.60. The van der Waals surface area contributed by atoms with Crippen LogP contribution in [0, 0.1) is 25.6 Å². The van der Waals surface area contributed by atoms with Crippen LogP contribution < -0.4 is 15.4 Å². The quantitative estimate of drug-likeness (QED) is 0.378. The number of benzene rings is 1. The molecule has 11 heteroatoms. The number of aromatic amines is 1. The van der Waals surface area contributed by atoms with Crippen LogP contribution in [0.5, 0.6) is 5.75 Å². The average Bonchev–Trinajstić information content (AvgIpc) is 3.66. The molecule has 5 rings (SSSR count).